The van der Waals surface area contributed by atoms with Crippen molar-refractivity contribution in [2.75, 3.05) is 19.7 Å². The molecule has 0 saturated carbocycles. The summed E-state index contributed by atoms with van der Waals surface area (Å²) in [6.07, 6.45) is 4.54. The van der Waals surface area contributed by atoms with Crippen LogP contribution in [0.25, 0.3) is 0 Å². The zero-order chi connectivity index (χ0) is 22.6. The highest BCUT2D eigenvalue weighted by molar-refractivity contribution is 7.09. The van der Waals surface area contributed by atoms with Crippen LogP contribution in [0.15, 0.2) is 41.8 Å². The van der Waals surface area contributed by atoms with E-state index in [-0.39, 0.29) is 36.1 Å². The van der Waals surface area contributed by atoms with Crippen LogP contribution in [0.1, 0.15) is 47.3 Å². The molecule has 0 radical (unpaired) electrons. The molecule has 0 unspecified atom stereocenters. The second-order valence-corrected chi connectivity index (χ2v) is 10.2. The van der Waals surface area contributed by atoms with Crippen molar-refractivity contribution in [2.45, 2.75) is 62.9 Å². The van der Waals surface area contributed by atoms with Crippen LogP contribution in [0, 0.1) is 0 Å². The third-order valence-corrected chi connectivity index (χ3v) is 7.61. The van der Waals surface area contributed by atoms with Crippen molar-refractivity contribution in [3.05, 3.63) is 52.2 Å². The molecule has 7 nitrogen and oxygen atoms in total. The van der Waals surface area contributed by atoms with Gasteiger partial charge >= 0.3 is 0 Å². The number of ether oxygens (including phenoxy) is 2. The van der Waals surface area contributed by atoms with Crippen molar-refractivity contribution in [1.82, 2.24) is 15.5 Å². The minimum Gasteiger partial charge on any atom is -0.493 e. The fraction of sp³-hybridized carbons (Fsp3) is 0.520. The Morgan fingerprint density at radius 1 is 1.06 bits per heavy atom. The summed E-state index contributed by atoms with van der Waals surface area (Å²) in [5.74, 6) is 0.454. The number of hydrogen-bond acceptors (Lipinski definition) is 6. The third-order valence-electron chi connectivity index (χ3n) is 6.75. The molecular weight excluding hydrogens is 438 g/mol. The molecule has 1 aromatic heterocycles. The number of hydrogen-bond donors (Lipinski definition) is 2. The summed E-state index contributed by atoms with van der Waals surface area (Å²) in [7, 11) is 0. The van der Waals surface area contributed by atoms with E-state index in [1.807, 2.05) is 24.3 Å². The van der Waals surface area contributed by atoms with Gasteiger partial charge in [-0.2, -0.15) is 0 Å². The number of carbonyl (C=O) groups excluding carboxylic acids is 2. The Morgan fingerprint density at radius 3 is 2.82 bits per heavy atom. The second-order valence-electron chi connectivity index (χ2n) is 9.12. The normalized spacial score (nSPS) is 29.0. The number of carbonyl (C=O) groups is 2. The van der Waals surface area contributed by atoms with Gasteiger partial charge in [-0.05, 0) is 49.3 Å². The first-order valence-corrected chi connectivity index (χ1v) is 12.8. The summed E-state index contributed by atoms with van der Waals surface area (Å²) in [4.78, 5) is 29.7. The van der Waals surface area contributed by atoms with E-state index in [1.165, 1.54) is 4.88 Å². The molecule has 4 heterocycles. The summed E-state index contributed by atoms with van der Waals surface area (Å²) < 4.78 is 12.3. The molecule has 5 rings (SSSR count). The first-order valence-electron chi connectivity index (χ1n) is 11.9. The topological polar surface area (TPSA) is 79.9 Å². The Labute approximate surface area is 198 Å². The molecule has 4 bridgehead atoms. The quantitative estimate of drug-likeness (QED) is 0.707. The molecule has 176 valence electrons. The van der Waals surface area contributed by atoms with E-state index in [4.69, 9.17) is 9.47 Å². The molecule has 2 N–H and O–H groups in total. The minimum atomic E-state index is -0.281. The van der Waals surface area contributed by atoms with E-state index in [0.717, 1.165) is 25.7 Å². The highest BCUT2D eigenvalue weighted by atomic mass is 32.1. The zero-order valence-corrected chi connectivity index (χ0v) is 19.5. The number of nitrogens with zero attached hydrogens (tertiary/aromatic N) is 1. The molecule has 3 aliphatic heterocycles. The van der Waals surface area contributed by atoms with E-state index in [9.17, 15) is 9.59 Å². The Morgan fingerprint density at radius 2 is 1.94 bits per heavy atom. The predicted molar refractivity (Wildman–Crippen MR) is 126 cm³/mol. The van der Waals surface area contributed by atoms with Gasteiger partial charge in [0.1, 0.15) is 5.75 Å². The number of rotatable bonds is 2. The molecule has 1 aromatic carbocycles. The SMILES string of the molecule is O=C1N[C@H]2C[C@@H](C(=O)NC[C@@H]3CCC[C@@H](CCOc4ccccc41)O3)N(Cc1cccs1)C2. The average molecular weight is 470 g/mol. The number of benzene rings is 1. The largest absolute Gasteiger partial charge is 0.493 e. The van der Waals surface area contributed by atoms with Gasteiger partial charge < -0.3 is 20.1 Å². The molecule has 2 amide bonds. The van der Waals surface area contributed by atoms with Crippen LogP contribution in [-0.4, -0.2) is 60.7 Å². The minimum absolute atomic E-state index is 0.0184. The van der Waals surface area contributed by atoms with E-state index < -0.39 is 0 Å². The van der Waals surface area contributed by atoms with Crippen LogP contribution in [-0.2, 0) is 16.1 Å². The van der Waals surface area contributed by atoms with Crippen LogP contribution < -0.4 is 15.4 Å². The molecule has 8 heteroatoms. The van der Waals surface area contributed by atoms with Crippen LogP contribution >= 0.6 is 11.3 Å². The van der Waals surface area contributed by atoms with Crippen LogP contribution in [0.2, 0.25) is 0 Å². The molecule has 33 heavy (non-hydrogen) atoms. The molecule has 0 aliphatic carbocycles. The number of fused-ring (bicyclic) bond motifs is 5. The maximum absolute atomic E-state index is 13.2. The zero-order valence-electron chi connectivity index (χ0n) is 18.7. The Bertz CT molecular complexity index is 966. The van der Waals surface area contributed by atoms with Gasteiger partial charge in [0.25, 0.3) is 5.91 Å². The lowest BCUT2D eigenvalue weighted by atomic mass is 10.0. The van der Waals surface area contributed by atoms with Crippen molar-refractivity contribution in [3.8, 4) is 5.75 Å². The van der Waals surface area contributed by atoms with E-state index in [0.29, 0.717) is 44.0 Å². The van der Waals surface area contributed by atoms with Gasteiger partial charge in [0.2, 0.25) is 5.91 Å². The number of thiophene rings is 1. The summed E-state index contributed by atoms with van der Waals surface area (Å²) >= 11 is 1.69. The maximum atomic E-state index is 13.2. The number of nitrogens with one attached hydrogen (secondary N) is 2. The van der Waals surface area contributed by atoms with Crippen molar-refractivity contribution in [1.29, 1.82) is 0 Å². The Balaban J connectivity index is 1.38. The highest BCUT2D eigenvalue weighted by Crippen LogP contribution is 2.26. The highest BCUT2D eigenvalue weighted by Gasteiger charge is 2.38. The first kappa shape index (κ1) is 22.4. The number of amides is 2. The summed E-state index contributed by atoms with van der Waals surface area (Å²) in [5, 5.41) is 8.34. The van der Waals surface area contributed by atoms with Crippen molar-refractivity contribution >= 4 is 23.2 Å². The summed E-state index contributed by atoms with van der Waals surface area (Å²) in [5.41, 5.74) is 0.532. The lowest BCUT2D eigenvalue weighted by Crippen LogP contribution is -2.46. The van der Waals surface area contributed by atoms with E-state index >= 15 is 0 Å². The molecule has 4 atom stereocenters. The monoisotopic (exact) mass is 469 g/mol. The van der Waals surface area contributed by atoms with E-state index in [2.05, 4.69) is 27.0 Å². The third kappa shape index (κ3) is 5.39. The average Bonchev–Trinajstić information content (AvgIpc) is 3.48. The number of para-hydroxylation sites is 1. The fourth-order valence-corrected chi connectivity index (χ4v) is 5.81. The maximum Gasteiger partial charge on any atom is 0.255 e. The second kappa shape index (κ2) is 10.2. The molecule has 2 aromatic rings. The van der Waals surface area contributed by atoms with Crippen molar-refractivity contribution in [2.24, 2.45) is 0 Å². The Kier molecular flexibility index (Phi) is 6.94. The van der Waals surface area contributed by atoms with Crippen LogP contribution in [0.4, 0.5) is 0 Å². The van der Waals surface area contributed by atoms with E-state index in [1.54, 1.807) is 17.4 Å². The molecule has 3 aliphatic rings. The molecule has 0 spiro atoms. The van der Waals surface area contributed by atoms with Crippen LogP contribution in [0.3, 0.4) is 0 Å². The van der Waals surface area contributed by atoms with Gasteiger partial charge in [0.05, 0.1) is 30.4 Å². The molecular formula is C25H31N3O4S. The van der Waals surface area contributed by atoms with Gasteiger partial charge in [-0.15, -0.1) is 11.3 Å². The smallest absolute Gasteiger partial charge is 0.255 e. The van der Waals surface area contributed by atoms with Gasteiger partial charge in [0.15, 0.2) is 0 Å². The molecule has 2 saturated heterocycles. The van der Waals surface area contributed by atoms with Gasteiger partial charge in [-0.25, -0.2) is 0 Å². The Hall–Kier alpha value is -2.42. The number of likely N-dealkylation sites (tertiary alicyclic amines) is 1. The van der Waals surface area contributed by atoms with Crippen molar-refractivity contribution in [3.63, 3.8) is 0 Å². The first-order chi connectivity index (χ1) is 16.2. The fourth-order valence-electron chi connectivity index (χ4n) is 5.08. The summed E-state index contributed by atoms with van der Waals surface area (Å²) in [6.45, 7) is 2.35. The van der Waals surface area contributed by atoms with Crippen LogP contribution in [0.5, 0.6) is 5.75 Å². The van der Waals surface area contributed by atoms with Gasteiger partial charge in [0, 0.05) is 37.0 Å². The predicted octanol–water partition coefficient (Wildman–Crippen LogP) is 2.96. The lowest BCUT2D eigenvalue weighted by Gasteiger charge is -2.31. The molecule has 2 fully saturated rings. The standard InChI is InChI=1S/C25H31N3O4S/c29-24-21-8-1-2-9-23(21)31-11-10-18-5-3-6-19(32-18)14-26-25(30)22-13-17(27-24)15-28(22)16-20-7-4-12-33-20/h1-2,4,7-9,12,17-19,22H,3,5-6,10-11,13-16H2,(H,26,30)(H,27,29)/t17-,18-,19-,22-/m0/s1. The van der Waals surface area contributed by atoms with Gasteiger partial charge in [-0.3, -0.25) is 14.5 Å². The lowest BCUT2D eigenvalue weighted by molar-refractivity contribution is -0.127. The van der Waals surface area contributed by atoms with Gasteiger partial charge in [-0.1, -0.05) is 18.2 Å². The summed E-state index contributed by atoms with van der Waals surface area (Å²) in [6, 6.07) is 11.1. The van der Waals surface area contributed by atoms with Crippen molar-refractivity contribution < 1.29 is 19.1 Å².